The van der Waals surface area contributed by atoms with Crippen molar-refractivity contribution in [2.75, 3.05) is 13.2 Å². The smallest absolute Gasteiger partial charge is 0.306 e. The molecule has 0 aliphatic rings. The summed E-state index contributed by atoms with van der Waals surface area (Å²) in [6.45, 7) is 6.45. The first-order chi connectivity index (χ1) is 39.5. The van der Waals surface area contributed by atoms with Crippen molar-refractivity contribution in [1.82, 2.24) is 0 Å². The number of esters is 3. The van der Waals surface area contributed by atoms with E-state index >= 15 is 0 Å². The summed E-state index contributed by atoms with van der Waals surface area (Å²) in [5.74, 6) is -0.946. The van der Waals surface area contributed by atoms with Crippen LogP contribution in [0.3, 0.4) is 0 Å². The van der Waals surface area contributed by atoms with Crippen LogP contribution in [0.4, 0.5) is 0 Å². The molecule has 0 heterocycles. The Morgan fingerprint density at radius 3 is 0.787 bits per heavy atom. The number of hydrogen-bond acceptors (Lipinski definition) is 6. The van der Waals surface area contributed by atoms with Crippen molar-refractivity contribution < 1.29 is 28.6 Å². The summed E-state index contributed by atoms with van der Waals surface area (Å²) >= 11 is 0. The first-order valence-electron chi connectivity index (χ1n) is 32.8. The maximum Gasteiger partial charge on any atom is 0.306 e. The largest absolute Gasteiger partial charge is 0.462 e. The van der Waals surface area contributed by atoms with E-state index in [4.69, 9.17) is 14.2 Å². The van der Waals surface area contributed by atoms with Crippen LogP contribution in [-0.4, -0.2) is 37.2 Å². The van der Waals surface area contributed by atoms with E-state index in [0.29, 0.717) is 19.3 Å². The third-order valence-corrected chi connectivity index (χ3v) is 13.5. The predicted molar refractivity (Wildman–Crippen MR) is 348 cm³/mol. The second-order valence-electron chi connectivity index (χ2n) is 21.3. The summed E-state index contributed by atoms with van der Waals surface area (Å²) in [7, 11) is 0. The van der Waals surface area contributed by atoms with E-state index in [9.17, 15) is 14.4 Å². The van der Waals surface area contributed by atoms with Crippen molar-refractivity contribution in [3.05, 3.63) is 146 Å². The number of carbonyl (C=O) groups excluding carboxylic acids is 3. The maximum absolute atomic E-state index is 12.9. The molecule has 0 spiro atoms. The van der Waals surface area contributed by atoms with Gasteiger partial charge in [0.2, 0.25) is 0 Å². The van der Waals surface area contributed by atoms with Gasteiger partial charge in [-0.3, -0.25) is 14.4 Å². The monoisotopic (exact) mass is 1100 g/mol. The third kappa shape index (κ3) is 64.1. The molecule has 0 bridgehead atoms. The Balaban J connectivity index is 4.45. The van der Waals surface area contributed by atoms with Crippen LogP contribution in [0.25, 0.3) is 0 Å². The van der Waals surface area contributed by atoms with E-state index in [2.05, 4.69) is 167 Å². The van der Waals surface area contributed by atoms with E-state index in [0.717, 1.165) is 161 Å². The number of rotatable bonds is 58. The first-order valence-corrected chi connectivity index (χ1v) is 32.8. The summed E-state index contributed by atoms with van der Waals surface area (Å²) < 4.78 is 16.9. The molecule has 0 N–H and O–H groups in total. The van der Waals surface area contributed by atoms with Crippen molar-refractivity contribution in [3.63, 3.8) is 0 Å². The molecule has 80 heavy (non-hydrogen) atoms. The summed E-state index contributed by atoms with van der Waals surface area (Å²) in [4.78, 5) is 38.4. The van der Waals surface area contributed by atoms with Crippen LogP contribution in [0.2, 0.25) is 0 Å². The fourth-order valence-corrected chi connectivity index (χ4v) is 8.64. The fourth-order valence-electron chi connectivity index (χ4n) is 8.64. The van der Waals surface area contributed by atoms with Crippen molar-refractivity contribution in [3.8, 4) is 0 Å². The molecular weight excluding hydrogens is 985 g/mol. The molecule has 6 nitrogen and oxygen atoms in total. The number of unbranched alkanes of at least 4 members (excludes halogenated alkanes) is 23. The number of carbonyl (C=O) groups is 3. The average Bonchev–Trinajstić information content (AvgIpc) is 3.46. The summed E-state index contributed by atoms with van der Waals surface area (Å²) in [6.07, 6.45) is 95.6. The van der Waals surface area contributed by atoms with Gasteiger partial charge in [0, 0.05) is 19.3 Å². The first kappa shape index (κ1) is 75.3. The minimum absolute atomic E-state index is 0.101. The van der Waals surface area contributed by atoms with E-state index in [1.807, 2.05) is 0 Å². The molecule has 0 aliphatic heterocycles. The summed E-state index contributed by atoms with van der Waals surface area (Å²) in [6, 6.07) is 0. The zero-order chi connectivity index (χ0) is 57.8. The summed E-state index contributed by atoms with van der Waals surface area (Å²) in [5.41, 5.74) is 0. The van der Waals surface area contributed by atoms with Crippen LogP contribution in [0.5, 0.6) is 0 Å². The van der Waals surface area contributed by atoms with Gasteiger partial charge in [0.25, 0.3) is 0 Å². The van der Waals surface area contributed by atoms with Crippen LogP contribution in [0.15, 0.2) is 146 Å². The maximum atomic E-state index is 12.9. The predicted octanol–water partition coefficient (Wildman–Crippen LogP) is 22.7. The Bertz CT molecular complexity index is 1750. The fraction of sp³-hybridized carbons (Fsp3) is 0.635. The highest BCUT2D eigenvalue weighted by Crippen LogP contribution is 2.14. The van der Waals surface area contributed by atoms with Gasteiger partial charge in [-0.25, -0.2) is 0 Å². The topological polar surface area (TPSA) is 78.9 Å². The van der Waals surface area contributed by atoms with Gasteiger partial charge in [-0.15, -0.1) is 0 Å². The Labute approximate surface area is 493 Å². The molecule has 0 amide bonds. The Morgan fingerprint density at radius 2 is 0.487 bits per heavy atom. The lowest BCUT2D eigenvalue weighted by atomic mass is 10.1. The van der Waals surface area contributed by atoms with E-state index < -0.39 is 6.10 Å². The second-order valence-corrected chi connectivity index (χ2v) is 21.3. The van der Waals surface area contributed by atoms with Crippen molar-refractivity contribution in [2.24, 2.45) is 0 Å². The molecule has 0 aromatic heterocycles. The van der Waals surface area contributed by atoms with Gasteiger partial charge in [0.05, 0.1) is 0 Å². The Hall–Kier alpha value is -4.71. The van der Waals surface area contributed by atoms with Gasteiger partial charge in [0.1, 0.15) is 13.2 Å². The van der Waals surface area contributed by atoms with E-state index in [1.54, 1.807) is 0 Å². The van der Waals surface area contributed by atoms with E-state index in [1.165, 1.54) is 83.5 Å². The number of allylic oxidation sites excluding steroid dienone is 24. The molecule has 0 saturated carbocycles. The lowest BCUT2D eigenvalue weighted by Crippen LogP contribution is -2.30. The molecule has 0 aliphatic carbocycles. The normalized spacial score (nSPS) is 13.1. The Morgan fingerprint density at radius 1 is 0.263 bits per heavy atom. The SMILES string of the molecule is CC/C=C\C/C=C\C/C=C\C/C=C\C/C=C\C/C=C\C/C=C\C/C=C\CCCCCCC(=O)OCC(COC(=O)CCCCCCC/C=C\C/C=C\CCCCCC)OC(=O)CCCCCCCCC/C=C\C/C=C\CCCCC. The molecule has 0 aromatic carbocycles. The summed E-state index contributed by atoms with van der Waals surface area (Å²) in [5, 5.41) is 0. The molecule has 1 atom stereocenters. The molecule has 6 heteroatoms. The minimum Gasteiger partial charge on any atom is -0.462 e. The standard InChI is InChI=1S/C74H120O6/c1-4-7-10-13-16-19-22-25-28-31-32-33-34-35-36-37-38-39-40-41-42-44-46-49-52-55-58-61-64-67-73(76)79-70-71(69-78-72(75)66-63-60-57-54-51-48-45-30-27-24-21-18-15-12-9-6-3)80-74(77)68-65-62-59-56-53-50-47-43-29-26-23-20-17-14-11-8-5-2/h7,10,16-17,19-21,24-26,28-30,32-33,35-36,38-39,41-42,45-46,49,71H,4-6,8-9,11-15,18,22-23,27,31,34,37,40,43-44,47-48,50-70H2,1-3H3/b10-7-,19-16-,20-17-,24-21-,28-25-,29-26-,33-32-,36-35-,39-38-,42-41-,45-30-,49-46-. The highest BCUT2D eigenvalue weighted by atomic mass is 16.6. The number of ether oxygens (including phenoxy) is 3. The lowest BCUT2D eigenvalue weighted by Gasteiger charge is -2.18. The van der Waals surface area contributed by atoms with Crippen molar-refractivity contribution in [1.29, 1.82) is 0 Å². The van der Waals surface area contributed by atoms with E-state index in [-0.39, 0.29) is 31.1 Å². The zero-order valence-corrected chi connectivity index (χ0v) is 51.8. The molecule has 452 valence electrons. The van der Waals surface area contributed by atoms with Crippen molar-refractivity contribution >= 4 is 17.9 Å². The van der Waals surface area contributed by atoms with Crippen LogP contribution in [-0.2, 0) is 28.6 Å². The van der Waals surface area contributed by atoms with Crippen LogP contribution < -0.4 is 0 Å². The molecule has 0 radical (unpaired) electrons. The van der Waals surface area contributed by atoms with Crippen LogP contribution in [0, 0.1) is 0 Å². The van der Waals surface area contributed by atoms with Gasteiger partial charge in [-0.2, -0.15) is 0 Å². The molecule has 0 saturated heterocycles. The lowest BCUT2D eigenvalue weighted by molar-refractivity contribution is -0.167. The van der Waals surface area contributed by atoms with Gasteiger partial charge in [0.15, 0.2) is 6.10 Å². The van der Waals surface area contributed by atoms with Gasteiger partial charge < -0.3 is 14.2 Å². The average molecular weight is 1110 g/mol. The molecular formula is C74H120O6. The van der Waals surface area contributed by atoms with Gasteiger partial charge in [-0.1, -0.05) is 263 Å². The van der Waals surface area contributed by atoms with Gasteiger partial charge in [-0.05, 0) is 148 Å². The Kier molecular flexibility index (Phi) is 62.9. The molecule has 1 unspecified atom stereocenters. The van der Waals surface area contributed by atoms with Crippen LogP contribution in [0.1, 0.15) is 284 Å². The quantitative estimate of drug-likeness (QED) is 0.0261. The minimum atomic E-state index is -0.807. The van der Waals surface area contributed by atoms with Gasteiger partial charge >= 0.3 is 17.9 Å². The van der Waals surface area contributed by atoms with Crippen LogP contribution >= 0.6 is 0 Å². The molecule has 0 rings (SSSR count). The van der Waals surface area contributed by atoms with Crippen molar-refractivity contribution in [2.45, 2.75) is 290 Å². The molecule has 0 aromatic rings. The second kappa shape index (κ2) is 66.8. The highest BCUT2D eigenvalue weighted by Gasteiger charge is 2.19. The zero-order valence-electron chi connectivity index (χ0n) is 51.8. The third-order valence-electron chi connectivity index (χ3n) is 13.5. The number of hydrogen-bond donors (Lipinski definition) is 0. The highest BCUT2D eigenvalue weighted by molar-refractivity contribution is 5.71. The molecule has 0 fully saturated rings.